The molecule has 0 atom stereocenters. The summed E-state index contributed by atoms with van der Waals surface area (Å²) in [6.07, 6.45) is 9.95. The largest absolute Gasteiger partial charge is 0.494 e. The molecule has 0 spiro atoms. The van der Waals surface area contributed by atoms with E-state index in [0.29, 0.717) is 0 Å². The van der Waals surface area contributed by atoms with Crippen LogP contribution >= 0.6 is 12.2 Å². The average Bonchev–Trinajstić information content (AvgIpc) is 2.69. The van der Waals surface area contributed by atoms with Gasteiger partial charge in [-0.2, -0.15) is 0 Å². The number of anilines is 1. The van der Waals surface area contributed by atoms with E-state index < -0.39 is 11.9 Å². The first-order valence-corrected chi connectivity index (χ1v) is 10.2. The van der Waals surface area contributed by atoms with E-state index in [1.807, 2.05) is 24.3 Å². The van der Waals surface area contributed by atoms with E-state index >= 15 is 0 Å². The first-order chi connectivity index (χ1) is 13.6. The Hall–Kier alpha value is -2.41. The molecule has 0 aromatic heterocycles. The third-order valence-corrected chi connectivity index (χ3v) is 4.73. The van der Waals surface area contributed by atoms with Crippen LogP contribution in [0.3, 0.4) is 0 Å². The van der Waals surface area contributed by atoms with Gasteiger partial charge in [0, 0.05) is 17.8 Å². The van der Waals surface area contributed by atoms with E-state index in [1.54, 1.807) is 6.92 Å². The van der Waals surface area contributed by atoms with Crippen LogP contribution in [0.25, 0.3) is 0 Å². The Morgan fingerprint density at radius 2 is 1.86 bits per heavy atom. The molecule has 1 aliphatic rings. The summed E-state index contributed by atoms with van der Waals surface area (Å²) in [7, 11) is 0. The molecule has 7 heteroatoms. The summed E-state index contributed by atoms with van der Waals surface area (Å²) in [4.78, 5) is 22.9. The molecule has 2 N–H and O–H groups in total. The van der Waals surface area contributed by atoms with E-state index in [9.17, 15) is 9.59 Å². The van der Waals surface area contributed by atoms with E-state index in [2.05, 4.69) is 10.6 Å². The standard InChI is InChI=1S/C21H28N2O4S/c1-2-26-20(25)13-12-19(24)23-21(28)22-17-8-10-18(11-9-17)27-15-14-16-6-4-3-5-7-16/h8-13,16H,2-7,14-15H2,1H3,(H2,22,23,24,28)/b13-12+. The number of carbonyl (C=O) groups is 2. The SMILES string of the molecule is CCOC(=O)/C=C/C(=O)NC(=S)Nc1ccc(OCCC2CCCCC2)cc1. The molecule has 0 aliphatic heterocycles. The lowest BCUT2D eigenvalue weighted by Crippen LogP contribution is -2.32. The minimum absolute atomic E-state index is 0.143. The van der Waals surface area contributed by atoms with Crippen molar-refractivity contribution in [3.05, 3.63) is 36.4 Å². The van der Waals surface area contributed by atoms with Crippen LogP contribution in [0.1, 0.15) is 45.4 Å². The molecule has 0 radical (unpaired) electrons. The van der Waals surface area contributed by atoms with Crippen LogP contribution in [0.5, 0.6) is 5.75 Å². The van der Waals surface area contributed by atoms with Crippen LogP contribution in [0, 0.1) is 5.92 Å². The molecule has 2 rings (SSSR count). The summed E-state index contributed by atoms with van der Waals surface area (Å²) in [6, 6.07) is 7.41. The first-order valence-electron chi connectivity index (χ1n) is 9.76. The smallest absolute Gasteiger partial charge is 0.330 e. The predicted octanol–water partition coefficient (Wildman–Crippen LogP) is 3.97. The van der Waals surface area contributed by atoms with Crippen molar-refractivity contribution in [3.8, 4) is 5.75 Å². The highest BCUT2D eigenvalue weighted by Crippen LogP contribution is 2.26. The first kappa shape index (κ1) is 21.9. The maximum absolute atomic E-state index is 11.7. The zero-order valence-electron chi connectivity index (χ0n) is 16.2. The van der Waals surface area contributed by atoms with Gasteiger partial charge in [-0.1, -0.05) is 32.1 Å². The Kier molecular flexibility index (Phi) is 9.48. The molecule has 1 aromatic rings. The molecule has 6 nitrogen and oxygen atoms in total. The van der Waals surface area contributed by atoms with Crippen molar-refractivity contribution >= 4 is 34.9 Å². The molecule has 0 heterocycles. The van der Waals surface area contributed by atoms with Gasteiger partial charge in [-0.05, 0) is 55.7 Å². The minimum Gasteiger partial charge on any atom is -0.494 e. The fraction of sp³-hybridized carbons (Fsp3) is 0.476. The summed E-state index contributed by atoms with van der Waals surface area (Å²) in [5.74, 6) is 0.533. The van der Waals surface area contributed by atoms with E-state index in [-0.39, 0.29) is 11.7 Å². The third-order valence-electron chi connectivity index (χ3n) is 4.53. The zero-order valence-corrected chi connectivity index (χ0v) is 17.1. The van der Waals surface area contributed by atoms with Crippen molar-refractivity contribution in [3.63, 3.8) is 0 Å². The van der Waals surface area contributed by atoms with Gasteiger partial charge >= 0.3 is 5.97 Å². The highest BCUT2D eigenvalue weighted by atomic mass is 32.1. The molecule has 1 saturated carbocycles. The number of amides is 1. The van der Waals surface area contributed by atoms with Crippen molar-refractivity contribution < 1.29 is 19.1 Å². The van der Waals surface area contributed by atoms with Gasteiger partial charge in [0.15, 0.2) is 5.11 Å². The van der Waals surface area contributed by atoms with Crippen LogP contribution < -0.4 is 15.4 Å². The van der Waals surface area contributed by atoms with Crippen LogP contribution in [0.2, 0.25) is 0 Å². The zero-order chi connectivity index (χ0) is 20.2. The molecule has 1 aromatic carbocycles. The molecule has 28 heavy (non-hydrogen) atoms. The predicted molar refractivity (Wildman–Crippen MR) is 113 cm³/mol. The van der Waals surface area contributed by atoms with Crippen LogP contribution in [0.15, 0.2) is 36.4 Å². The lowest BCUT2D eigenvalue weighted by molar-refractivity contribution is -0.137. The summed E-state index contributed by atoms with van der Waals surface area (Å²) < 4.78 is 10.5. The Labute approximate surface area is 171 Å². The number of nitrogens with one attached hydrogen (secondary N) is 2. The van der Waals surface area contributed by atoms with Gasteiger partial charge in [-0.3, -0.25) is 10.1 Å². The van der Waals surface area contributed by atoms with Crippen molar-refractivity contribution in [1.29, 1.82) is 0 Å². The number of carbonyl (C=O) groups excluding carboxylic acids is 2. The van der Waals surface area contributed by atoms with Gasteiger partial charge in [-0.15, -0.1) is 0 Å². The van der Waals surface area contributed by atoms with Crippen LogP contribution in [-0.4, -0.2) is 30.2 Å². The van der Waals surface area contributed by atoms with Gasteiger partial charge in [0.05, 0.1) is 13.2 Å². The number of thiocarbonyl (C=S) groups is 1. The summed E-state index contributed by atoms with van der Waals surface area (Å²) in [6.45, 7) is 2.68. The van der Waals surface area contributed by atoms with Gasteiger partial charge in [0.1, 0.15) is 5.75 Å². The molecular weight excluding hydrogens is 376 g/mol. The Morgan fingerprint density at radius 3 is 2.54 bits per heavy atom. The normalized spacial score (nSPS) is 14.5. The van der Waals surface area contributed by atoms with Gasteiger partial charge < -0.3 is 14.8 Å². The number of benzene rings is 1. The van der Waals surface area contributed by atoms with Crippen molar-refractivity contribution in [1.82, 2.24) is 5.32 Å². The Balaban J connectivity index is 1.69. The fourth-order valence-corrected chi connectivity index (χ4v) is 3.32. The lowest BCUT2D eigenvalue weighted by Gasteiger charge is -2.21. The van der Waals surface area contributed by atoms with Gasteiger partial charge in [0.2, 0.25) is 5.91 Å². The highest BCUT2D eigenvalue weighted by Gasteiger charge is 2.13. The Morgan fingerprint density at radius 1 is 1.14 bits per heavy atom. The second kappa shape index (κ2) is 12.1. The summed E-state index contributed by atoms with van der Waals surface area (Å²) in [5, 5.41) is 5.52. The number of rotatable bonds is 8. The van der Waals surface area contributed by atoms with Crippen molar-refractivity contribution in [2.75, 3.05) is 18.5 Å². The monoisotopic (exact) mass is 404 g/mol. The van der Waals surface area contributed by atoms with Crippen molar-refractivity contribution in [2.45, 2.75) is 45.4 Å². The molecule has 152 valence electrons. The molecule has 1 amide bonds. The topological polar surface area (TPSA) is 76.7 Å². The van der Waals surface area contributed by atoms with E-state index in [1.165, 1.54) is 32.1 Å². The summed E-state index contributed by atoms with van der Waals surface area (Å²) >= 11 is 5.09. The van der Waals surface area contributed by atoms with Crippen LogP contribution in [0.4, 0.5) is 5.69 Å². The Bertz CT molecular complexity index is 682. The van der Waals surface area contributed by atoms with Gasteiger partial charge in [-0.25, -0.2) is 4.79 Å². The number of hydrogen-bond donors (Lipinski definition) is 2. The molecule has 0 bridgehead atoms. The summed E-state index contributed by atoms with van der Waals surface area (Å²) in [5.41, 5.74) is 0.735. The van der Waals surface area contributed by atoms with Gasteiger partial charge in [0.25, 0.3) is 0 Å². The quantitative estimate of drug-likeness (QED) is 0.388. The molecule has 0 saturated heterocycles. The molecular formula is C21H28N2O4S. The van der Waals surface area contributed by atoms with Crippen molar-refractivity contribution in [2.24, 2.45) is 5.92 Å². The average molecular weight is 405 g/mol. The second-order valence-corrected chi connectivity index (χ2v) is 7.10. The van der Waals surface area contributed by atoms with Crippen LogP contribution in [-0.2, 0) is 14.3 Å². The van der Waals surface area contributed by atoms with E-state index in [4.69, 9.17) is 21.7 Å². The number of esters is 1. The third kappa shape index (κ3) is 8.52. The fourth-order valence-electron chi connectivity index (χ4n) is 3.10. The minimum atomic E-state index is -0.574. The number of hydrogen-bond acceptors (Lipinski definition) is 5. The second-order valence-electron chi connectivity index (χ2n) is 6.69. The van der Waals surface area contributed by atoms with E-state index in [0.717, 1.165) is 42.5 Å². The molecule has 0 unspecified atom stereocenters. The molecule has 1 aliphatic carbocycles. The number of ether oxygens (including phenoxy) is 2. The molecule has 1 fully saturated rings. The lowest BCUT2D eigenvalue weighted by atomic mass is 9.87. The maximum atomic E-state index is 11.7. The maximum Gasteiger partial charge on any atom is 0.330 e. The highest BCUT2D eigenvalue weighted by molar-refractivity contribution is 7.80.